The van der Waals surface area contributed by atoms with Gasteiger partial charge in [0, 0.05) is 12.6 Å². The molecule has 1 aliphatic heterocycles. The number of halogens is 1. The molecule has 0 amide bonds. The highest BCUT2D eigenvalue weighted by Crippen LogP contribution is 2.47. The molecule has 0 aromatic heterocycles. The molecule has 1 spiro atoms. The van der Waals surface area contributed by atoms with Gasteiger partial charge in [-0.2, -0.15) is 0 Å². The van der Waals surface area contributed by atoms with Gasteiger partial charge in [-0.05, 0) is 62.8 Å². The Kier molecular flexibility index (Phi) is 3.59. The molecule has 19 heavy (non-hydrogen) atoms. The molecule has 1 saturated heterocycles. The Morgan fingerprint density at radius 2 is 2.26 bits per heavy atom. The first-order valence-corrected chi connectivity index (χ1v) is 7.29. The van der Waals surface area contributed by atoms with Crippen molar-refractivity contribution in [1.82, 2.24) is 5.32 Å². The van der Waals surface area contributed by atoms with E-state index >= 15 is 0 Å². The minimum absolute atomic E-state index is 0.144. The third kappa shape index (κ3) is 2.54. The monoisotopic (exact) mass is 263 g/mol. The van der Waals surface area contributed by atoms with E-state index in [1.807, 2.05) is 13.1 Å². The molecule has 2 aliphatic rings. The van der Waals surface area contributed by atoms with E-state index < -0.39 is 0 Å². The van der Waals surface area contributed by atoms with E-state index in [2.05, 4.69) is 5.32 Å². The maximum absolute atomic E-state index is 13.4. The molecule has 1 aromatic carbocycles. The fourth-order valence-corrected chi connectivity index (χ4v) is 3.64. The van der Waals surface area contributed by atoms with Crippen LogP contribution in [0.4, 0.5) is 4.39 Å². The van der Waals surface area contributed by atoms with Crippen molar-refractivity contribution in [2.24, 2.45) is 5.92 Å². The third-order valence-corrected chi connectivity index (χ3v) is 4.79. The van der Waals surface area contributed by atoms with E-state index in [0.29, 0.717) is 5.92 Å². The third-order valence-electron chi connectivity index (χ3n) is 4.79. The highest BCUT2D eigenvalue weighted by atomic mass is 19.1. The average Bonchev–Trinajstić information content (AvgIpc) is 2.38. The molecule has 2 fully saturated rings. The van der Waals surface area contributed by atoms with Gasteiger partial charge in [-0.25, -0.2) is 4.39 Å². The van der Waals surface area contributed by atoms with E-state index in [-0.39, 0.29) is 17.5 Å². The molecule has 3 rings (SSSR count). The molecule has 1 saturated carbocycles. The van der Waals surface area contributed by atoms with E-state index in [1.54, 1.807) is 12.1 Å². The van der Waals surface area contributed by atoms with E-state index in [4.69, 9.17) is 4.74 Å². The van der Waals surface area contributed by atoms with Crippen LogP contribution < -0.4 is 5.32 Å². The van der Waals surface area contributed by atoms with Crippen molar-refractivity contribution in [3.63, 3.8) is 0 Å². The smallest absolute Gasteiger partial charge is 0.123 e. The minimum atomic E-state index is -0.150. The summed E-state index contributed by atoms with van der Waals surface area (Å²) in [5, 5.41) is 3.38. The SMILES string of the molecule is CNC(c1cccc(F)c1)C1CCOC2(CCC2)C1. The second-order valence-electron chi connectivity index (χ2n) is 5.96. The van der Waals surface area contributed by atoms with Crippen molar-refractivity contribution in [3.8, 4) is 0 Å². The van der Waals surface area contributed by atoms with Crippen LogP contribution in [0.5, 0.6) is 0 Å². The van der Waals surface area contributed by atoms with Crippen molar-refractivity contribution >= 4 is 0 Å². The van der Waals surface area contributed by atoms with Crippen molar-refractivity contribution < 1.29 is 9.13 Å². The molecule has 2 atom stereocenters. The zero-order chi connectivity index (χ0) is 13.3. The Morgan fingerprint density at radius 3 is 2.89 bits per heavy atom. The molecule has 0 bridgehead atoms. The van der Waals surface area contributed by atoms with Crippen LogP contribution in [0.1, 0.15) is 43.7 Å². The van der Waals surface area contributed by atoms with Crippen LogP contribution in [0, 0.1) is 11.7 Å². The van der Waals surface area contributed by atoms with Crippen LogP contribution in [-0.2, 0) is 4.74 Å². The summed E-state index contributed by atoms with van der Waals surface area (Å²) in [6, 6.07) is 7.22. The summed E-state index contributed by atoms with van der Waals surface area (Å²) in [7, 11) is 1.97. The number of nitrogens with one attached hydrogen (secondary N) is 1. The van der Waals surface area contributed by atoms with Crippen LogP contribution in [0.25, 0.3) is 0 Å². The van der Waals surface area contributed by atoms with Gasteiger partial charge >= 0.3 is 0 Å². The molecular formula is C16H22FNO. The zero-order valence-corrected chi connectivity index (χ0v) is 11.5. The second-order valence-corrected chi connectivity index (χ2v) is 5.96. The maximum atomic E-state index is 13.4. The lowest BCUT2D eigenvalue weighted by atomic mass is 9.69. The quantitative estimate of drug-likeness (QED) is 0.902. The Morgan fingerprint density at radius 1 is 1.42 bits per heavy atom. The van der Waals surface area contributed by atoms with Gasteiger partial charge in [0.25, 0.3) is 0 Å². The summed E-state index contributed by atoms with van der Waals surface area (Å²) < 4.78 is 19.4. The molecule has 2 unspecified atom stereocenters. The van der Waals surface area contributed by atoms with Gasteiger partial charge in [0.2, 0.25) is 0 Å². The lowest BCUT2D eigenvalue weighted by Gasteiger charge is -2.48. The Hall–Kier alpha value is -0.930. The summed E-state index contributed by atoms with van der Waals surface area (Å²) >= 11 is 0. The van der Waals surface area contributed by atoms with Crippen molar-refractivity contribution in [3.05, 3.63) is 35.6 Å². The van der Waals surface area contributed by atoms with Crippen LogP contribution in [0.3, 0.4) is 0 Å². The second kappa shape index (κ2) is 5.22. The van der Waals surface area contributed by atoms with Gasteiger partial charge in [-0.1, -0.05) is 12.1 Å². The van der Waals surface area contributed by atoms with Crippen LogP contribution in [-0.4, -0.2) is 19.3 Å². The molecule has 1 heterocycles. The predicted molar refractivity (Wildman–Crippen MR) is 73.5 cm³/mol. The summed E-state index contributed by atoms with van der Waals surface area (Å²) in [6.07, 6.45) is 5.85. The molecule has 1 aliphatic carbocycles. The lowest BCUT2D eigenvalue weighted by Crippen LogP contribution is -2.47. The summed E-state index contributed by atoms with van der Waals surface area (Å²) in [6.45, 7) is 0.845. The minimum Gasteiger partial charge on any atom is -0.375 e. The topological polar surface area (TPSA) is 21.3 Å². The normalized spacial score (nSPS) is 26.9. The first-order valence-electron chi connectivity index (χ1n) is 7.29. The largest absolute Gasteiger partial charge is 0.375 e. The molecule has 104 valence electrons. The molecular weight excluding hydrogens is 241 g/mol. The molecule has 0 radical (unpaired) electrons. The summed E-state index contributed by atoms with van der Waals surface area (Å²) in [4.78, 5) is 0. The zero-order valence-electron chi connectivity index (χ0n) is 11.5. The average molecular weight is 263 g/mol. The molecule has 1 aromatic rings. The van der Waals surface area contributed by atoms with Gasteiger partial charge in [-0.15, -0.1) is 0 Å². The Bertz CT molecular complexity index is 444. The van der Waals surface area contributed by atoms with Crippen molar-refractivity contribution in [2.75, 3.05) is 13.7 Å². The number of ether oxygens (including phenoxy) is 1. The van der Waals surface area contributed by atoms with Crippen LogP contribution in [0.2, 0.25) is 0 Å². The first kappa shape index (κ1) is 13.1. The number of rotatable bonds is 3. The maximum Gasteiger partial charge on any atom is 0.123 e. The number of benzene rings is 1. The molecule has 2 nitrogen and oxygen atoms in total. The summed E-state index contributed by atoms with van der Waals surface area (Å²) in [5.74, 6) is 0.393. The van der Waals surface area contributed by atoms with E-state index in [9.17, 15) is 4.39 Å². The van der Waals surface area contributed by atoms with Gasteiger partial charge in [-0.3, -0.25) is 0 Å². The highest BCUT2D eigenvalue weighted by molar-refractivity contribution is 5.21. The molecule has 3 heteroatoms. The number of hydrogen-bond acceptors (Lipinski definition) is 2. The van der Waals surface area contributed by atoms with Gasteiger partial charge in [0.15, 0.2) is 0 Å². The van der Waals surface area contributed by atoms with Gasteiger partial charge < -0.3 is 10.1 Å². The van der Waals surface area contributed by atoms with Crippen molar-refractivity contribution in [1.29, 1.82) is 0 Å². The predicted octanol–water partition coefficient (Wildman–Crippen LogP) is 3.44. The standard InChI is InChI=1S/C16H22FNO/c1-18-15(12-4-2-5-14(17)10-12)13-6-9-19-16(11-13)7-3-8-16/h2,4-5,10,13,15,18H,3,6-9,11H2,1H3. The van der Waals surface area contributed by atoms with E-state index in [0.717, 1.165) is 25.0 Å². The lowest BCUT2D eigenvalue weighted by molar-refractivity contribution is -0.147. The van der Waals surface area contributed by atoms with Crippen LogP contribution >= 0.6 is 0 Å². The Balaban J connectivity index is 1.78. The fraction of sp³-hybridized carbons (Fsp3) is 0.625. The fourth-order valence-electron chi connectivity index (χ4n) is 3.64. The van der Waals surface area contributed by atoms with Crippen molar-refractivity contribution in [2.45, 2.75) is 43.7 Å². The van der Waals surface area contributed by atoms with Gasteiger partial charge in [0.1, 0.15) is 5.82 Å². The highest BCUT2D eigenvalue weighted by Gasteiger charge is 2.44. The van der Waals surface area contributed by atoms with Crippen LogP contribution in [0.15, 0.2) is 24.3 Å². The number of hydrogen-bond donors (Lipinski definition) is 1. The Labute approximate surface area is 114 Å². The first-order chi connectivity index (χ1) is 9.22. The van der Waals surface area contributed by atoms with E-state index in [1.165, 1.54) is 25.3 Å². The summed E-state index contributed by atoms with van der Waals surface area (Å²) in [5.41, 5.74) is 1.20. The van der Waals surface area contributed by atoms with Gasteiger partial charge in [0.05, 0.1) is 5.60 Å². The molecule has 1 N–H and O–H groups in total.